The molecule has 1 aliphatic heterocycles. The summed E-state index contributed by atoms with van der Waals surface area (Å²) in [5.74, 6) is 0.139. The van der Waals surface area contributed by atoms with E-state index in [2.05, 4.69) is 4.72 Å². The molecule has 2 fully saturated rings. The zero-order chi connectivity index (χ0) is 16.2. The number of hydrogen-bond donors (Lipinski definition) is 1. The second kappa shape index (κ2) is 7.75. The van der Waals surface area contributed by atoms with Gasteiger partial charge in [-0.3, -0.25) is 4.79 Å². The minimum atomic E-state index is -3.42. The van der Waals surface area contributed by atoms with Crippen LogP contribution in [0.15, 0.2) is 0 Å². The first-order valence-corrected chi connectivity index (χ1v) is 9.82. The van der Waals surface area contributed by atoms with Gasteiger partial charge < -0.3 is 9.64 Å². The number of hydrogen-bond acceptors (Lipinski definition) is 4. The Labute approximate surface area is 133 Å². The summed E-state index contributed by atoms with van der Waals surface area (Å²) in [4.78, 5) is 14.4. The number of nitrogens with zero attached hydrogens (tertiary/aromatic N) is 1. The van der Waals surface area contributed by atoms with Crippen molar-refractivity contribution in [1.82, 2.24) is 9.62 Å². The van der Waals surface area contributed by atoms with E-state index in [-0.39, 0.29) is 17.1 Å². The molecule has 0 bridgehead atoms. The number of carbonyl (C=O) groups is 1. The van der Waals surface area contributed by atoms with Gasteiger partial charge in [-0.15, -0.1) is 0 Å². The number of morpholine rings is 1. The standard InChI is InChI=1S/C15H28N2O4S/c1-12(2)11-14(15(18)17-7-9-21-10-8-17)16-22(19,20)13-5-3-4-6-13/h12-14,16H,3-11H2,1-2H3/t14-/m1/s1. The predicted octanol–water partition coefficient (Wildman–Crippen LogP) is 1.12. The van der Waals surface area contributed by atoms with Crippen molar-refractivity contribution in [3.8, 4) is 0 Å². The lowest BCUT2D eigenvalue weighted by Crippen LogP contribution is -2.53. The van der Waals surface area contributed by atoms with Crippen LogP contribution in [0, 0.1) is 5.92 Å². The molecule has 6 nitrogen and oxygen atoms in total. The highest BCUT2D eigenvalue weighted by atomic mass is 32.2. The average molecular weight is 332 g/mol. The summed E-state index contributed by atoms with van der Waals surface area (Å²) in [6.07, 6.45) is 3.85. The van der Waals surface area contributed by atoms with Gasteiger partial charge in [0.05, 0.1) is 18.5 Å². The molecule has 1 atom stereocenters. The summed E-state index contributed by atoms with van der Waals surface area (Å²) in [6, 6.07) is -0.649. The third kappa shape index (κ3) is 4.67. The largest absolute Gasteiger partial charge is 0.378 e. The maximum Gasteiger partial charge on any atom is 0.240 e. The van der Waals surface area contributed by atoms with Gasteiger partial charge in [0.15, 0.2) is 0 Å². The van der Waals surface area contributed by atoms with Crippen molar-refractivity contribution in [2.24, 2.45) is 5.92 Å². The molecule has 22 heavy (non-hydrogen) atoms. The van der Waals surface area contributed by atoms with Crippen LogP contribution in [-0.4, -0.2) is 56.8 Å². The highest BCUT2D eigenvalue weighted by Gasteiger charge is 2.35. The zero-order valence-corrected chi connectivity index (χ0v) is 14.4. The topological polar surface area (TPSA) is 75.7 Å². The van der Waals surface area contributed by atoms with Crippen LogP contribution in [0.3, 0.4) is 0 Å². The van der Waals surface area contributed by atoms with E-state index in [1.165, 1.54) is 0 Å². The van der Waals surface area contributed by atoms with Crippen LogP contribution < -0.4 is 4.72 Å². The van der Waals surface area contributed by atoms with E-state index < -0.39 is 16.1 Å². The lowest BCUT2D eigenvalue weighted by Gasteiger charge is -2.31. The summed E-state index contributed by atoms with van der Waals surface area (Å²) in [5.41, 5.74) is 0. The van der Waals surface area contributed by atoms with Crippen molar-refractivity contribution in [2.45, 2.75) is 57.2 Å². The fourth-order valence-electron chi connectivity index (χ4n) is 3.17. The molecule has 1 amide bonds. The molecule has 1 N–H and O–H groups in total. The third-order valence-electron chi connectivity index (χ3n) is 4.38. The normalized spacial score (nSPS) is 22.2. The van der Waals surface area contributed by atoms with Crippen LogP contribution in [0.2, 0.25) is 0 Å². The highest BCUT2D eigenvalue weighted by Crippen LogP contribution is 2.25. The Kier molecular flexibility index (Phi) is 6.23. The van der Waals surface area contributed by atoms with Crippen LogP contribution in [0.25, 0.3) is 0 Å². The molecule has 0 aromatic carbocycles. The van der Waals surface area contributed by atoms with E-state index in [1.54, 1.807) is 4.90 Å². The first kappa shape index (κ1) is 17.7. The van der Waals surface area contributed by atoms with Crippen LogP contribution in [0.5, 0.6) is 0 Å². The Morgan fingerprint density at radius 3 is 2.36 bits per heavy atom. The second-order valence-electron chi connectivity index (χ2n) is 6.69. The summed E-state index contributed by atoms with van der Waals surface area (Å²) < 4.78 is 33.0. The monoisotopic (exact) mass is 332 g/mol. The summed E-state index contributed by atoms with van der Waals surface area (Å²) in [6.45, 7) is 6.13. The van der Waals surface area contributed by atoms with Gasteiger partial charge in [-0.1, -0.05) is 26.7 Å². The van der Waals surface area contributed by atoms with Crippen molar-refractivity contribution in [3.05, 3.63) is 0 Å². The first-order chi connectivity index (χ1) is 10.4. The quantitative estimate of drug-likeness (QED) is 0.791. The predicted molar refractivity (Wildman–Crippen MR) is 85.0 cm³/mol. The molecule has 0 unspecified atom stereocenters. The molecular weight excluding hydrogens is 304 g/mol. The number of ether oxygens (including phenoxy) is 1. The molecule has 1 heterocycles. The summed E-state index contributed by atoms with van der Waals surface area (Å²) in [5, 5.41) is -0.334. The fourth-order valence-corrected chi connectivity index (χ4v) is 4.91. The van der Waals surface area contributed by atoms with E-state index >= 15 is 0 Å². The fraction of sp³-hybridized carbons (Fsp3) is 0.933. The Bertz CT molecular complexity index is 466. The Hall–Kier alpha value is -0.660. The van der Waals surface area contributed by atoms with Crippen molar-refractivity contribution in [2.75, 3.05) is 26.3 Å². The SMILES string of the molecule is CC(C)C[C@@H](NS(=O)(=O)C1CCCC1)C(=O)N1CCOCC1. The van der Waals surface area contributed by atoms with Gasteiger partial charge in [0, 0.05) is 13.1 Å². The number of sulfonamides is 1. The molecule has 0 spiro atoms. The number of amides is 1. The maximum atomic E-state index is 12.7. The minimum Gasteiger partial charge on any atom is -0.378 e. The van der Waals surface area contributed by atoms with Gasteiger partial charge in [-0.25, -0.2) is 13.1 Å². The molecule has 2 aliphatic rings. The second-order valence-corrected chi connectivity index (χ2v) is 8.68. The Morgan fingerprint density at radius 1 is 1.23 bits per heavy atom. The van der Waals surface area contributed by atoms with Gasteiger partial charge in [-0.05, 0) is 25.2 Å². The Morgan fingerprint density at radius 2 is 1.82 bits per heavy atom. The summed E-state index contributed by atoms with van der Waals surface area (Å²) in [7, 11) is -3.42. The lowest BCUT2D eigenvalue weighted by molar-refractivity contribution is -0.137. The molecule has 0 aromatic rings. The molecule has 128 valence electrons. The van der Waals surface area contributed by atoms with Gasteiger partial charge in [-0.2, -0.15) is 0 Å². The van der Waals surface area contributed by atoms with E-state index in [1.807, 2.05) is 13.8 Å². The van der Waals surface area contributed by atoms with E-state index in [4.69, 9.17) is 4.74 Å². The zero-order valence-electron chi connectivity index (χ0n) is 13.6. The van der Waals surface area contributed by atoms with Crippen molar-refractivity contribution in [3.63, 3.8) is 0 Å². The van der Waals surface area contributed by atoms with Crippen LogP contribution in [0.1, 0.15) is 46.0 Å². The van der Waals surface area contributed by atoms with Crippen molar-refractivity contribution >= 4 is 15.9 Å². The Balaban J connectivity index is 2.06. The van der Waals surface area contributed by atoms with Crippen LogP contribution >= 0.6 is 0 Å². The molecule has 2 rings (SSSR count). The number of rotatable bonds is 6. The smallest absolute Gasteiger partial charge is 0.240 e. The molecule has 1 saturated heterocycles. The minimum absolute atomic E-state index is 0.112. The van der Waals surface area contributed by atoms with Gasteiger partial charge in [0.1, 0.15) is 6.04 Å². The van der Waals surface area contributed by atoms with E-state index in [0.29, 0.717) is 45.6 Å². The molecule has 0 radical (unpaired) electrons. The van der Waals surface area contributed by atoms with Crippen molar-refractivity contribution < 1.29 is 17.9 Å². The highest BCUT2D eigenvalue weighted by molar-refractivity contribution is 7.90. The molecule has 1 aliphatic carbocycles. The van der Waals surface area contributed by atoms with E-state index in [9.17, 15) is 13.2 Å². The van der Waals surface area contributed by atoms with Crippen molar-refractivity contribution in [1.29, 1.82) is 0 Å². The summed E-state index contributed by atoms with van der Waals surface area (Å²) >= 11 is 0. The third-order valence-corrected chi connectivity index (χ3v) is 6.34. The van der Waals surface area contributed by atoms with Gasteiger partial charge >= 0.3 is 0 Å². The van der Waals surface area contributed by atoms with Crippen LogP contribution in [-0.2, 0) is 19.6 Å². The van der Waals surface area contributed by atoms with E-state index in [0.717, 1.165) is 12.8 Å². The molecule has 0 aromatic heterocycles. The number of nitrogens with one attached hydrogen (secondary N) is 1. The van der Waals surface area contributed by atoms with Crippen LogP contribution in [0.4, 0.5) is 0 Å². The number of carbonyl (C=O) groups excluding carboxylic acids is 1. The first-order valence-electron chi connectivity index (χ1n) is 8.28. The maximum absolute atomic E-state index is 12.7. The van der Waals surface area contributed by atoms with Gasteiger partial charge in [0.2, 0.25) is 15.9 Å². The molecule has 1 saturated carbocycles. The molecule has 7 heteroatoms. The molecular formula is C15H28N2O4S. The van der Waals surface area contributed by atoms with Gasteiger partial charge in [0.25, 0.3) is 0 Å². The lowest BCUT2D eigenvalue weighted by atomic mass is 10.0. The average Bonchev–Trinajstić information content (AvgIpc) is 3.01.